The van der Waals surface area contributed by atoms with Crippen molar-refractivity contribution in [2.45, 2.75) is 12.6 Å². The Labute approximate surface area is 96.8 Å². The molecule has 0 aliphatic rings. The van der Waals surface area contributed by atoms with Crippen molar-refractivity contribution in [1.29, 1.82) is 0 Å². The van der Waals surface area contributed by atoms with E-state index in [0.29, 0.717) is 6.54 Å². The molecule has 5 nitrogen and oxygen atoms in total. The van der Waals surface area contributed by atoms with E-state index in [9.17, 15) is 22.8 Å². The third-order valence-electron chi connectivity index (χ3n) is 2.05. The van der Waals surface area contributed by atoms with Gasteiger partial charge in [0.15, 0.2) is 6.54 Å². The number of carbonyl (C=O) groups excluding carboxylic acids is 1. The maximum absolute atomic E-state index is 11.8. The number of carboxylic acids is 1. The van der Waals surface area contributed by atoms with Gasteiger partial charge in [-0.3, -0.25) is 4.79 Å². The highest BCUT2D eigenvalue weighted by atomic mass is 19.4. The Morgan fingerprint density at radius 1 is 1.29 bits per heavy atom. The molecule has 0 atom stereocenters. The molecule has 0 heterocycles. The normalized spacial score (nSPS) is 12.3. The lowest BCUT2D eigenvalue weighted by Crippen LogP contribution is -2.46. The first-order valence-corrected chi connectivity index (χ1v) is 4.93. The van der Waals surface area contributed by atoms with Crippen LogP contribution in [0.25, 0.3) is 0 Å². The van der Waals surface area contributed by atoms with Crippen molar-refractivity contribution < 1.29 is 32.3 Å². The number of nitrogens with zero attached hydrogens (tertiary/aromatic N) is 1. The molecule has 8 heteroatoms. The second kappa shape index (κ2) is 5.85. The number of hydrogen-bond acceptors (Lipinski definition) is 2. The number of aliphatic carboxylic acids is 1. The average Bonchev–Trinajstić information content (AvgIpc) is 2.08. The Morgan fingerprint density at radius 3 is 2.24 bits per heavy atom. The predicted molar refractivity (Wildman–Crippen MR) is 53.2 cm³/mol. The Bertz CT molecular complexity index is 290. The largest absolute Gasteiger partial charge is 0.477 e. The van der Waals surface area contributed by atoms with Gasteiger partial charge in [-0.15, -0.1) is 0 Å². The molecule has 0 unspecified atom stereocenters. The fourth-order valence-corrected chi connectivity index (χ4v) is 1.25. The second-order valence-corrected chi connectivity index (χ2v) is 4.32. The third kappa shape index (κ3) is 7.56. The fourth-order valence-electron chi connectivity index (χ4n) is 1.25. The molecule has 0 aromatic heterocycles. The van der Waals surface area contributed by atoms with Crippen molar-refractivity contribution >= 4 is 11.9 Å². The van der Waals surface area contributed by atoms with Crippen LogP contribution in [-0.2, 0) is 9.59 Å². The van der Waals surface area contributed by atoms with Crippen molar-refractivity contribution in [3.05, 3.63) is 0 Å². The summed E-state index contributed by atoms with van der Waals surface area (Å²) in [6, 6.07) is 0. The summed E-state index contributed by atoms with van der Waals surface area (Å²) in [6.45, 7) is 0.122. The molecule has 1 amide bonds. The van der Waals surface area contributed by atoms with Crippen LogP contribution in [0.3, 0.4) is 0 Å². The summed E-state index contributed by atoms with van der Waals surface area (Å²) in [5.74, 6) is -2.95. The molecule has 0 aromatic rings. The molecule has 0 aliphatic heterocycles. The molecular formula is C9H16F3N2O3+. The zero-order valence-electron chi connectivity index (χ0n) is 9.67. The van der Waals surface area contributed by atoms with E-state index in [-0.39, 0.29) is 24.0 Å². The van der Waals surface area contributed by atoms with Crippen LogP contribution in [0.4, 0.5) is 13.2 Å². The van der Waals surface area contributed by atoms with Crippen LogP contribution in [0, 0.1) is 0 Å². The number of likely N-dealkylation sites (N-methyl/N-ethyl adjacent to an activating group) is 1. The van der Waals surface area contributed by atoms with Gasteiger partial charge < -0.3 is 14.9 Å². The molecule has 0 rings (SSSR count). The van der Waals surface area contributed by atoms with Gasteiger partial charge in [-0.05, 0) is 0 Å². The van der Waals surface area contributed by atoms with Crippen LogP contribution in [0.1, 0.15) is 6.42 Å². The minimum Gasteiger partial charge on any atom is -0.477 e. The van der Waals surface area contributed by atoms with E-state index in [2.05, 4.69) is 0 Å². The molecule has 100 valence electrons. The topological polar surface area (TPSA) is 66.4 Å². The Hall–Kier alpha value is -1.31. The van der Waals surface area contributed by atoms with Crippen LogP contribution in [0.15, 0.2) is 0 Å². The van der Waals surface area contributed by atoms with Crippen molar-refractivity contribution in [2.75, 3.05) is 33.7 Å². The molecular weight excluding hydrogens is 241 g/mol. The first-order chi connectivity index (χ1) is 7.54. The van der Waals surface area contributed by atoms with Crippen LogP contribution >= 0.6 is 0 Å². The van der Waals surface area contributed by atoms with E-state index in [1.807, 2.05) is 0 Å². The molecule has 0 aliphatic carbocycles. The molecule has 0 saturated heterocycles. The van der Waals surface area contributed by atoms with E-state index >= 15 is 0 Å². The molecule has 0 saturated carbocycles. The highest BCUT2D eigenvalue weighted by Crippen LogP contribution is 2.13. The summed E-state index contributed by atoms with van der Waals surface area (Å²) < 4.78 is 35.5. The minimum atomic E-state index is -4.87. The summed E-state index contributed by atoms with van der Waals surface area (Å²) in [6.07, 6.45) is -4.59. The number of rotatable bonds is 6. The maximum Gasteiger partial charge on any atom is 0.471 e. The first-order valence-electron chi connectivity index (χ1n) is 4.93. The SMILES string of the molecule is C[N+](C)(CCCNC(=O)C(F)(F)F)CC(=O)O. The van der Waals surface area contributed by atoms with Crippen LogP contribution in [-0.4, -0.2) is 61.4 Å². The van der Waals surface area contributed by atoms with E-state index in [4.69, 9.17) is 5.11 Å². The summed E-state index contributed by atoms with van der Waals surface area (Å²) in [5.41, 5.74) is 0. The Balaban J connectivity index is 3.86. The summed E-state index contributed by atoms with van der Waals surface area (Å²) in [7, 11) is 3.30. The van der Waals surface area contributed by atoms with Gasteiger partial charge >= 0.3 is 18.1 Å². The second-order valence-electron chi connectivity index (χ2n) is 4.32. The number of carboxylic acid groups (broad SMARTS) is 1. The quantitative estimate of drug-likeness (QED) is 0.528. The Kier molecular flexibility index (Phi) is 5.40. The summed E-state index contributed by atoms with van der Waals surface area (Å²) >= 11 is 0. The maximum atomic E-state index is 11.8. The van der Waals surface area contributed by atoms with Crippen LogP contribution in [0.5, 0.6) is 0 Å². The molecule has 0 fully saturated rings. The third-order valence-corrected chi connectivity index (χ3v) is 2.05. The van der Waals surface area contributed by atoms with Crippen molar-refractivity contribution in [3.63, 3.8) is 0 Å². The van der Waals surface area contributed by atoms with Gasteiger partial charge in [0.25, 0.3) is 0 Å². The molecule has 0 aromatic carbocycles. The first kappa shape index (κ1) is 15.7. The lowest BCUT2D eigenvalue weighted by molar-refractivity contribution is -0.883. The number of amides is 1. The molecule has 2 N–H and O–H groups in total. The lowest BCUT2D eigenvalue weighted by atomic mass is 10.3. The Morgan fingerprint density at radius 2 is 1.82 bits per heavy atom. The van der Waals surface area contributed by atoms with Gasteiger partial charge in [0.2, 0.25) is 0 Å². The van der Waals surface area contributed by atoms with Crippen LogP contribution < -0.4 is 5.32 Å². The average molecular weight is 257 g/mol. The van der Waals surface area contributed by atoms with Gasteiger partial charge in [0, 0.05) is 13.0 Å². The van der Waals surface area contributed by atoms with Crippen molar-refractivity contribution in [1.82, 2.24) is 5.32 Å². The summed E-state index contributed by atoms with van der Waals surface area (Å²) in [5, 5.41) is 10.3. The lowest BCUT2D eigenvalue weighted by Gasteiger charge is -2.27. The highest BCUT2D eigenvalue weighted by molar-refractivity contribution is 5.81. The summed E-state index contributed by atoms with van der Waals surface area (Å²) in [4.78, 5) is 20.9. The highest BCUT2D eigenvalue weighted by Gasteiger charge is 2.38. The van der Waals surface area contributed by atoms with Gasteiger partial charge in [-0.25, -0.2) is 4.79 Å². The van der Waals surface area contributed by atoms with Gasteiger partial charge in [0.1, 0.15) is 0 Å². The van der Waals surface area contributed by atoms with Gasteiger partial charge in [-0.1, -0.05) is 0 Å². The smallest absolute Gasteiger partial charge is 0.471 e. The van der Waals surface area contributed by atoms with E-state index in [1.54, 1.807) is 19.4 Å². The minimum absolute atomic E-state index is 0.118. The van der Waals surface area contributed by atoms with Gasteiger partial charge in [0.05, 0.1) is 20.6 Å². The number of carbonyl (C=O) groups is 2. The van der Waals surface area contributed by atoms with Gasteiger partial charge in [-0.2, -0.15) is 13.2 Å². The molecule has 17 heavy (non-hydrogen) atoms. The number of quaternary nitrogens is 1. The fraction of sp³-hybridized carbons (Fsp3) is 0.778. The number of halogens is 3. The number of nitrogens with one attached hydrogen (secondary N) is 1. The zero-order chi connectivity index (χ0) is 13.7. The van der Waals surface area contributed by atoms with Crippen molar-refractivity contribution in [3.8, 4) is 0 Å². The number of hydrogen-bond donors (Lipinski definition) is 2. The monoisotopic (exact) mass is 257 g/mol. The number of alkyl halides is 3. The van der Waals surface area contributed by atoms with E-state index in [0.717, 1.165) is 0 Å². The van der Waals surface area contributed by atoms with E-state index < -0.39 is 18.1 Å². The molecule has 0 bridgehead atoms. The zero-order valence-corrected chi connectivity index (χ0v) is 9.67. The molecule has 0 spiro atoms. The van der Waals surface area contributed by atoms with Crippen molar-refractivity contribution in [2.24, 2.45) is 0 Å². The standard InChI is InChI=1S/C9H15F3N2O3/c1-14(2,6-7(15)16)5-3-4-13-8(17)9(10,11)12/h3-6H2,1-2H3,(H-,13,15,16,17)/p+1. The molecule has 0 radical (unpaired) electrons. The van der Waals surface area contributed by atoms with E-state index in [1.165, 1.54) is 0 Å². The predicted octanol–water partition coefficient (Wildman–Crippen LogP) is 0.216. The van der Waals surface area contributed by atoms with Crippen LogP contribution in [0.2, 0.25) is 0 Å².